The van der Waals surface area contributed by atoms with Crippen molar-refractivity contribution in [2.45, 2.75) is 59.4 Å². The predicted molar refractivity (Wildman–Crippen MR) is 111 cm³/mol. The Kier molecular flexibility index (Phi) is 6.96. The maximum absolute atomic E-state index is 6.42. The first kappa shape index (κ1) is 20.2. The van der Waals surface area contributed by atoms with Gasteiger partial charge in [0.05, 0.1) is 7.11 Å². The highest BCUT2D eigenvalue weighted by molar-refractivity contribution is 5.50. The Balaban J connectivity index is 2.28. The van der Waals surface area contributed by atoms with Gasteiger partial charge in [0.1, 0.15) is 11.5 Å². The number of hydrogen-bond acceptors (Lipinski definition) is 3. The molecule has 0 saturated heterocycles. The fourth-order valence-corrected chi connectivity index (χ4v) is 3.08. The summed E-state index contributed by atoms with van der Waals surface area (Å²) >= 11 is 0. The Bertz CT molecular complexity index is 664. The van der Waals surface area contributed by atoms with Crippen molar-refractivity contribution in [3.8, 4) is 11.5 Å². The molecule has 0 aromatic heterocycles. The molecule has 0 saturated carbocycles. The van der Waals surface area contributed by atoms with E-state index in [4.69, 9.17) is 9.47 Å². The standard InChI is InChI=1S/C23H33NO2/c1-16(2)21-9-8-10-22(17(3)4)23(21)26-15-24(18(5)6)19-11-13-20(25-7)14-12-19/h8-14,16-18H,15H2,1-7H3. The highest BCUT2D eigenvalue weighted by Gasteiger charge is 2.18. The second-order valence-electron chi connectivity index (χ2n) is 7.61. The SMILES string of the molecule is COc1ccc(N(COc2c(C(C)C)cccc2C(C)C)C(C)C)cc1. The first-order valence-corrected chi connectivity index (χ1v) is 9.51. The summed E-state index contributed by atoms with van der Waals surface area (Å²) in [7, 11) is 1.69. The van der Waals surface area contributed by atoms with Crippen molar-refractivity contribution in [2.75, 3.05) is 18.7 Å². The van der Waals surface area contributed by atoms with Gasteiger partial charge in [0.25, 0.3) is 0 Å². The molecule has 0 aliphatic rings. The summed E-state index contributed by atoms with van der Waals surface area (Å²) in [6.07, 6.45) is 0. The van der Waals surface area contributed by atoms with Crippen molar-refractivity contribution < 1.29 is 9.47 Å². The molecule has 142 valence electrons. The van der Waals surface area contributed by atoms with Crippen molar-refractivity contribution in [1.82, 2.24) is 0 Å². The summed E-state index contributed by atoms with van der Waals surface area (Å²) in [6, 6.07) is 15.0. The molecule has 0 unspecified atom stereocenters. The molecule has 0 heterocycles. The second-order valence-corrected chi connectivity index (χ2v) is 7.61. The van der Waals surface area contributed by atoms with Crippen LogP contribution in [-0.2, 0) is 0 Å². The fraction of sp³-hybridized carbons (Fsp3) is 0.478. The van der Waals surface area contributed by atoms with Crippen LogP contribution in [-0.4, -0.2) is 19.9 Å². The third-order valence-electron chi connectivity index (χ3n) is 4.70. The molecule has 0 aliphatic carbocycles. The summed E-state index contributed by atoms with van der Waals surface area (Å²) in [5, 5.41) is 0. The minimum Gasteiger partial charge on any atom is -0.497 e. The monoisotopic (exact) mass is 355 g/mol. The fourth-order valence-electron chi connectivity index (χ4n) is 3.08. The number of methoxy groups -OCH3 is 1. The van der Waals surface area contributed by atoms with E-state index < -0.39 is 0 Å². The van der Waals surface area contributed by atoms with Gasteiger partial charge in [-0.3, -0.25) is 0 Å². The van der Waals surface area contributed by atoms with Crippen molar-refractivity contribution in [3.05, 3.63) is 53.6 Å². The minimum atomic E-state index is 0.331. The molecule has 0 fully saturated rings. The zero-order valence-electron chi connectivity index (χ0n) is 17.2. The molecule has 0 aliphatic heterocycles. The van der Waals surface area contributed by atoms with Crippen LogP contribution in [0.4, 0.5) is 5.69 Å². The molecule has 0 radical (unpaired) electrons. The smallest absolute Gasteiger partial charge is 0.161 e. The van der Waals surface area contributed by atoms with E-state index in [1.165, 1.54) is 11.1 Å². The lowest BCUT2D eigenvalue weighted by Gasteiger charge is -2.30. The lowest BCUT2D eigenvalue weighted by atomic mass is 9.94. The number of hydrogen-bond donors (Lipinski definition) is 0. The van der Waals surface area contributed by atoms with Crippen molar-refractivity contribution in [3.63, 3.8) is 0 Å². The van der Waals surface area contributed by atoms with Gasteiger partial charge in [-0.25, -0.2) is 0 Å². The average Bonchev–Trinajstić information content (AvgIpc) is 2.61. The maximum Gasteiger partial charge on any atom is 0.161 e. The Morgan fingerprint density at radius 1 is 0.808 bits per heavy atom. The molecular weight excluding hydrogens is 322 g/mol. The number of rotatable bonds is 8. The van der Waals surface area contributed by atoms with E-state index in [1.54, 1.807) is 7.11 Å². The molecule has 3 nitrogen and oxygen atoms in total. The van der Waals surface area contributed by atoms with Gasteiger partial charge in [0.2, 0.25) is 0 Å². The van der Waals surface area contributed by atoms with Gasteiger partial charge < -0.3 is 14.4 Å². The molecule has 2 rings (SSSR count). The van der Waals surface area contributed by atoms with Crippen LogP contribution < -0.4 is 14.4 Å². The van der Waals surface area contributed by atoms with Crippen LogP contribution in [0.15, 0.2) is 42.5 Å². The zero-order chi connectivity index (χ0) is 19.3. The Labute approximate surface area is 158 Å². The average molecular weight is 356 g/mol. The predicted octanol–water partition coefficient (Wildman–Crippen LogP) is 6.19. The zero-order valence-corrected chi connectivity index (χ0v) is 17.2. The van der Waals surface area contributed by atoms with Crippen LogP contribution in [0.25, 0.3) is 0 Å². The first-order valence-electron chi connectivity index (χ1n) is 9.51. The van der Waals surface area contributed by atoms with E-state index in [9.17, 15) is 0 Å². The van der Waals surface area contributed by atoms with E-state index in [1.807, 2.05) is 12.1 Å². The first-order chi connectivity index (χ1) is 12.3. The number of benzene rings is 2. The molecule has 26 heavy (non-hydrogen) atoms. The molecule has 3 heteroatoms. The van der Waals surface area contributed by atoms with E-state index in [0.717, 1.165) is 17.2 Å². The lowest BCUT2D eigenvalue weighted by molar-refractivity contribution is 0.296. The normalized spacial score (nSPS) is 11.3. The Morgan fingerprint density at radius 2 is 1.35 bits per heavy atom. The summed E-state index contributed by atoms with van der Waals surface area (Å²) in [5.41, 5.74) is 3.68. The van der Waals surface area contributed by atoms with Gasteiger partial charge in [-0.2, -0.15) is 0 Å². The summed E-state index contributed by atoms with van der Waals surface area (Å²) in [6.45, 7) is 13.8. The lowest BCUT2D eigenvalue weighted by Crippen LogP contribution is -2.34. The van der Waals surface area contributed by atoms with Gasteiger partial charge in [0.15, 0.2) is 6.73 Å². The summed E-state index contributed by atoms with van der Waals surface area (Å²) in [4.78, 5) is 2.26. The molecule has 0 N–H and O–H groups in total. The molecule has 0 bridgehead atoms. The third kappa shape index (κ3) is 4.72. The third-order valence-corrected chi connectivity index (χ3v) is 4.70. The molecule has 0 amide bonds. The number of para-hydroxylation sites is 1. The highest BCUT2D eigenvalue weighted by atomic mass is 16.5. The van der Waals surface area contributed by atoms with Crippen molar-refractivity contribution in [1.29, 1.82) is 0 Å². The second kappa shape index (κ2) is 8.98. The van der Waals surface area contributed by atoms with Gasteiger partial charge in [-0.15, -0.1) is 0 Å². The van der Waals surface area contributed by atoms with Crippen molar-refractivity contribution in [2.24, 2.45) is 0 Å². The van der Waals surface area contributed by atoms with Gasteiger partial charge >= 0.3 is 0 Å². The molecule has 2 aromatic rings. The van der Waals surface area contributed by atoms with E-state index in [-0.39, 0.29) is 0 Å². The topological polar surface area (TPSA) is 21.7 Å². The van der Waals surface area contributed by atoms with Crippen LogP contribution in [0.1, 0.15) is 64.5 Å². The van der Waals surface area contributed by atoms with E-state index in [2.05, 4.69) is 76.8 Å². The van der Waals surface area contributed by atoms with Crippen molar-refractivity contribution >= 4 is 5.69 Å². The molecule has 0 spiro atoms. The van der Waals surface area contributed by atoms with Crippen LogP contribution in [0.2, 0.25) is 0 Å². The number of ether oxygens (including phenoxy) is 2. The molecular formula is C23H33NO2. The van der Waals surface area contributed by atoms with Crippen LogP contribution >= 0.6 is 0 Å². The van der Waals surface area contributed by atoms with Crippen LogP contribution in [0, 0.1) is 0 Å². The van der Waals surface area contributed by atoms with Gasteiger partial charge in [-0.05, 0) is 61.1 Å². The number of anilines is 1. The van der Waals surface area contributed by atoms with Crippen LogP contribution in [0.5, 0.6) is 11.5 Å². The van der Waals surface area contributed by atoms with Gasteiger partial charge in [-0.1, -0.05) is 45.9 Å². The molecule has 2 aromatic carbocycles. The van der Waals surface area contributed by atoms with E-state index in [0.29, 0.717) is 24.6 Å². The summed E-state index contributed by atoms with van der Waals surface area (Å²) < 4.78 is 11.7. The molecule has 0 atom stereocenters. The highest BCUT2D eigenvalue weighted by Crippen LogP contribution is 2.35. The van der Waals surface area contributed by atoms with Crippen LogP contribution in [0.3, 0.4) is 0 Å². The minimum absolute atomic E-state index is 0.331. The maximum atomic E-state index is 6.42. The Hall–Kier alpha value is -2.16. The largest absolute Gasteiger partial charge is 0.497 e. The summed E-state index contributed by atoms with van der Waals surface area (Å²) in [5.74, 6) is 2.76. The number of nitrogens with zero attached hydrogens (tertiary/aromatic N) is 1. The Morgan fingerprint density at radius 3 is 1.77 bits per heavy atom. The van der Waals surface area contributed by atoms with E-state index >= 15 is 0 Å². The van der Waals surface area contributed by atoms with Gasteiger partial charge in [0, 0.05) is 11.7 Å². The quantitative estimate of drug-likeness (QED) is 0.527.